The van der Waals surface area contributed by atoms with E-state index in [1.165, 1.54) is 10.6 Å². The number of carboxylic acid groups (broad SMARTS) is 1. The Balaban J connectivity index is 1.42. The van der Waals surface area contributed by atoms with Gasteiger partial charge in [-0.25, -0.2) is 14.3 Å². The van der Waals surface area contributed by atoms with Crippen molar-refractivity contribution in [2.24, 2.45) is 0 Å². The van der Waals surface area contributed by atoms with E-state index in [0.717, 1.165) is 29.7 Å². The van der Waals surface area contributed by atoms with Gasteiger partial charge >= 0.3 is 5.97 Å². The van der Waals surface area contributed by atoms with E-state index in [1.807, 2.05) is 21.0 Å². The number of likely N-dealkylation sites (N-methyl/N-ethyl adjacent to an activating group) is 1. The molecule has 0 saturated carbocycles. The number of carbonyl (C=O) groups is 1. The molecule has 0 saturated heterocycles. The predicted molar refractivity (Wildman–Crippen MR) is 141 cm³/mol. The second-order valence-electron chi connectivity index (χ2n) is 9.46. The van der Waals surface area contributed by atoms with Gasteiger partial charge in [-0.1, -0.05) is 11.6 Å². The number of aromatic nitrogens is 4. The van der Waals surface area contributed by atoms with Crippen molar-refractivity contribution in [1.29, 1.82) is 0 Å². The zero-order valence-corrected chi connectivity index (χ0v) is 21.7. The highest BCUT2D eigenvalue weighted by Gasteiger charge is 2.25. The topological polar surface area (TPSA) is 102 Å². The summed E-state index contributed by atoms with van der Waals surface area (Å²) in [6.07, 6.45) is 4.05. The van der Waals surface area contributed by atoms with Crippen LogP contribution in [0.3, 0.4) is 0 Å². The summed E-state index contributed by atoms with van der Waals surface area (Å²) < 4.78 is 9.23. The third-order valence-corrected chi connectivity index (χ3v) is 7.24. The van der Waals surface area contributed by atoms with Crippen LogP contribution < -0.4 is 10.3 Å². The summed E-state index contributed by atoms with van der Waals surface area (Å²) in [6.45, 7) is 2.45. The Labute approximate surface area is 218 Å². The highest BCUT2D eigenvalue weighted by atomic mass is 35.5. The molecular weight excluding hydrogens is 494 g/mol. The highest BCUT2D eigenvalue weighted by Crippen LogP contribution is 2.35. The molecule has 0 aliphatic heterocycles. The molecule has 3 heterocycles. The lowest BCUT2D eigenvalue weighted by Gasteiger charge is -2.29. The van der Waals surface area contributed by atoms with Crippen molar-refractivity contribution in [2.45, 2.75) is 38.8 Å². The number of carboxylic acids is 1. The second kappa shape index (κ2) is 9.99. The number of hydrogen-bond donors (Lipinski definition) is 1. The SMILES string of the molecule is Cc1nc2c(c(=O)n1CCOc1ccc(Cl)cc1-c1ccnn3c(C(=O)O)ccc13)CC(N(C)C)CC2. The van der Waals surface area contributed by atoms with Gasteiger partial charge in [0.2, 0.25) is 0 Å². The Morgan fingerprint density at radius 3 is 2.78 bits per heavy atom. The molecule has 5 rings (SSSR count). The van der Waals surface area contributed by atoms with Crippen LogP contribution in [0.5, 0.6) is 5.75 Å². The molecule has 1 N–H and O–H groups in total. The minimum absolute atomic E-state index is 0.000734. The summed E-state index contributed by atoms with van der Waals surface area (Å²) in [4.78, 5) is 31.8. The third-order valence-electron chi connectivity index (χ3n) is 7.00. The molecule has 1 unspecified atom stereocenters. The molecule has 10 heteroatoms. The Morgan fingerprint density at radius 2 is 2.03 bits per heavy atom. The summed E-state index contributed by atoms with van der Waals surface area (Å²) in [6, 6.07) is 10.6. The average molecular weight is 522 g/mol. The molecule has 1 aliphatic carbocycles. The van der Waals surface area contributed by atoms with Crippen LogP contribution in [-0.2, 0) is 19.4 Å². The van der Waals surface area contributed by atoms with Gasteiger partial charge < -0.3 is 14.7 Å². The molecule has 9 nitrogen and oxygen atoms in total. The fraction of sp³-hybridized carbons (Fsp3) is 0.333. The van der Waals surface area contributed by atoms with E-state index >= 15 is 0 Å². The first-order chi connectivity index (χ1) is 17.7. The summed E-state index contributed by atoms with van der Waals surface area (Å²) in [5, 5.41) is 14.2. The van der Waals surface area contributed by atoms with Crippen LogP contribution in [0.15, 0.2) is 47.4 Å². The van der Waals surface area contributed by atoms with Crippen LogP contribution in [0, 0.1) is 6.92 Å². The van der Waals surface area contributed by atoms with Crippen LogP contribution in [-0.4, -0.2) is 61.9 Å². The number of fused-ring (bicyclic) bond motifs is 2. The maximum atomic E-state index is 13.4. The zero-order valence-electron chi connectivity index (χ0n) is 20.9. The summed E-state index contributed by atoms with van der Waals surface area (Å²) in [7, 11) is 4.08. The molecule has 0 bridgehead atoms. The lowest BCUT2D eigenvalue weighted by molar-refractivity contribution is 0.0688. The van der Waals surface area contributed by atoms with E-state index in [-0.39, 0.29) is 17.9 Å². The molecule has 0 spiro atoms. The number of nitrogens with zero attached hydrogens (tertiary/aromatic N) is 5. The molecule has 37 heavy (non-hydrogen) atoms. The van der Waals surface area contributed by atoms with Crippen LogP contribution in [0.4, 0.5) is 0 Å². The Morgan fingerprint density at radius 1 is 1.22 bits per heavy atom. The van der Waals surface area contributed by atoms with Crippen molar-refractivity contribution in [1.82, 2.24) is 24.1 Å². The normalized spacial score (nSPS) is 15.2. The number of benzene rings is 1. The minimum Gasteiger partial charge on any atom is -0.491 e. The van der Waals surface area contributed by atoms with Crippen LogP contribution in [0.25, 0.3) is 16.6 Å². The van der Waals surface area contributed by atoms with Gasteiger partial charge in [0, 0.05) is 34.0 Å². The smallest absolute Gasteiger partial charge is 0.354 e. The van der Waals surface area contributed by atoms with Crippen molar-refractivity contribution >= 4 is 23.1 Å². The Hall–Kier alpha value is -3.69. The van der Waals surface area contributed by atoms with Gasteiger partial charge in [-0.2, -0.15) is 5.10 Å². The number of aryl methyl sites for hydroxylation is 2. The number of rotatable bonds is 7. The monoisotopic (exact) mass is 521 g/mol. The molecule has 1 aromatic carbocycles. The second-order valence-corrected chi connectivity index (χ2v) is 9.89. The molecule has 0 radical (unpaired) electrons. The molecular formula is C27H28ClN5O4. The fourth-order valence-electron chi connectivity index (χ4n) is 5.01. The van der Waals surface area contributed by atoms with Gasteiger partial charge in [0.1, 0.15) is 18.2 Å². The summed E-state index contributed by atoms with van der Waals surface area (Å²) in [5.41, 5.74) is 3.83. The first kappa shape index (κ1) is 25.0. The fourth-order valence-corrected chi connectivity index (χ4v) is 5.18. The molecule has 4 aromatic rings. The van der Waals surface area contributed by atoms with Crippen molar-refractivity contribution in [3.8, 4) is 16.9 Å². The summed E-state index contributed by atoms with van der Waals surface area (Å²) >= 11 is 6.32. The van der Waals surface area contributed by atoms with Crippen molar-refractivity contribution in [3.05, 3.63) is 80.7 Å². The lowest BCUT2D eigenvalue weighted by Crippen LogP contribution is -2.39. The Kier molecular flexibility index (Phi) is 6.74. The minimum atomic E-state index is -1.07. The van der Waals surface area contributed by atoms with Crippen LogP contribution in [0.1, 0.15) is 34.0 Å². The molecule has 1 aliphatic rings. The van der Waals surface area contributed by atoms with E-state index in [9.17, 15) is 14.7 Å². The van der Waals surface area contributed by atoms with Gasteiger partial charge in [-0.3, -0.25) is 9.36 Å². The lowest BCUT2D eigenvalue weighted by atomic mass is 9.92. The maximum absolute atomic E-state index is 13.4. The maximum Gasteiger partial charge on any atom is 0.354 e. The first-order valence-electron chi connectivity index (χ1n) is 12.1. The Bertz CT molecular complexity index is 1560. The third kappa shape index (κ3) is 4.72. The highest BCUT2D eigenvalue weighted by molar-refractivity contribution is 6.31. The van der Waals surface area contributed by atoms with E-state index in [4.69, 9.17) is 21.3 Å². The van der Waals surface area contributed by atoms with Crippen LogP contribution in [0.2, 0.25) is 5.02 Å². The number of halogens is 1. The quantitative estimate of drug-likeness (QED) is 0.395. The standard InChI is InChI=1S/C27H28ClN5O4/c1-16-30-22-6-5-18(31(2)3)15-21(22)26(34)32(16)12-13-37-25-9-4-17(28)14-20(25)19-10-11-29-33-23(19)7-8-24(33)27(35)36/h4,7-11,14,18H,5-6,12-13,15H2,1-3H3,(H,35,36). The molecule has 1 atom stereocenters. The van der Waals surface area contributed by atoms with E-state index < -0.39 is 5.97 Å². The van der Waals surface area contributed by atoms with Gasteiger partial charge in [0.15, 0.2) is 5.69 Å². The van der Waals surface area contributed by atoms with Gasteiger partial charge in [0.25, 0.3) is 5.56 Å². The number of ether oxygens (including phenoxy) is 1. The first-order valence-corrected chi connectivity index (χ1v) is 12.5. The van der Waals surface area contributed by atoms with E-state index in [1.54, 1.807) is 41.1 Å². The van der Waals surface area contributed by atoms with Crippen molar-refractivity contribution in [2.75, 3.05) is 20.7 Å². The van der Waals surface area contributed by atoms with E-state index in [0.29, 0.717) is 46.7 Å². The number of aromatic carboxylic acids is 1. The van der Waals surface area contributed by atoms with E-state index in [2.05, 4.69) is 10.00 Å². The molecule has 0 fully saturated rings. The van der Waals surface area contributed by atoms with Crippen molar-refractivity contribution < 1.29 is 14.6 Å². The number of hydrogen-bond acceptors (Lipinski definition) is 6. The molecule has 192 valence electrons. The van der Waals surface area contributed by atoms with Gasteiger partial charge in [-0.15, -0.1) is 0 Å². The van der Waals surface area contributed by atoms with Gasteiger partial charge in [0.05, 0.1) is 17.8 Å². The largest absolute Gasteiger partial charge is 0.491 e. The van der Waals surface area contributed by atoms with Crippen molar-refractivity contribution in [3.63, 3.8) is 0 Å². The zero-order chi connectivity index (χ0) is 26.3. The molecule has 0 amide bonds. The average Bonchev–Trinajstić information content (AvgIpc) is 3.31. The predicted octanol–water partition coefficient (Wildman–Crippen LogP) is 3.72. The van der Waals surface area contributed by atoms with Gasteiger partial charge in [-0.05, 0) is 76.7 Å². The van der Waals surface area contributed by atoms with Crippen LogP contribution >= 0.6 is 11.6 Å². The summed E-state index contributed by atoms with van der Waals surface area (Å²) in [5.74, 6) is 0.181. The molecule has 3 aromatic heterocycles.